The van der Waals surface area contributed by atoms with Gasteiger partial charge < -0.3 is 15.1 Å². The van der Waals surface area contributed by atoms with Crippen LogP contribution in [0.25, 0.3) is 0 Å². The number of amides is 2. The highest BCUT2D eigenvalue weighted by Gasteiger charge is 2.23. The van der Waals surface area contributed by atoms with E-state index in [1.165, 1.54) is 0 Å². The highest BCUT2D eigenvalue weighted by molar-refractivity contribution is 7.09. The Kier molecular flexibility index (Phi) is 6.03. The summed E-state index contributed by atoms with van der Waals surface area (Å²) in [7, 11) is 1.81. The molecule has 1 aliphatic heterocycles. The number of nitrogens with one attached hydrogen (secondary N) is 1. The maximum Gasteiger partial charge on any atom is 0.317 e. The van der Waals surface area contributed by atoms with Gasteiger partial charge in [-0.2, -0.15) is 0 Å². The maximum absolute atomic E-state index is 12.5. The van der Waals surface area contributed by atoms with Crippen LogP contribution in [0, 0.1) is 0 Å². The second-order valence-corrected chi connectivity index (χ2v) is 7.88. The molecule has 2 aromatic heterocycles. The van der Waals surface area contributed by atoms with Crippen LogP contribution in [0.3, 0.4) is 0 Å². The van der Waals surface area contributed by atoms with Crippen LogP contribution in [0.1, 0.15) is 43.3 Å². The molecule has 0 aliphatic carbocycles. The lowest BCUT2D eigenvalue weighted by atomic mass is 10.1. The Balaban J connectivity index is 1.53. The number of rotatable bonds is 5. The molecule has 1 N–H and O–H groups in total. The minimum absolute atomic E-state index is 0.0601. The van der Waals surface area contributed by atoms with Crippen molar-refractivity contribution in [3.05, 3.63) is 34.7 Å². The third-order valence-corrected chi connectivity index (χ3v) is 5.63. The van der Waals surface area contributed by atoms with Gasteiger partial charge in [0.2, 0.25) is 0 Å². The fourth-order valence-electron chi connectivity index (χ4n) is 3.02. The van der Waals surface area contributed by atoms with Gasteiger partial charge in [-0.25, -0.2) is 14.8 Å². The van der Waals surface area contributed by atoms with Crippen LogP contribution < -0.4 is 10.2 Å². The predicted molar refractivity (Wildman–Crippen MR) is 103 cm³/mol. The first-order chi connectivity index (χ1) is 12.5. The molecule has 2 aromatic rings. The number of hydrogen-bond donors (Lipinski definition) is 1. The van der Waals surface area contributed by atoms with Crippen LogP contribution in [0.4, 0.5) is 10.6 Å². The molecule has 3 heterocycles. The van der Waals surface area contributed by atoms with E-state index in [0.717, 1.165) is 42.5 Å². The summed E-state index contributed by atoms with van der Waals surface area (Å²) in [6, 6.07) is 0.0532. The van der Waals surface area contributed by atoms with Crippen LogP contribution >= 0.6 is 11.3 Å². The first-order valence-electron chi connectivity index (χ1n) is 9.00. The van der Waals surface area contributed by atoms with Gasteiger partial charge in [0.05, 0.1) is 23.4 Å². The molecule has 0 aromatic carbocycles. The van der Waals surface area contributed by atoms with E-state index in [1.807, 2.05) is 12.4 Å². The number of carbonyl (C=O) groups excluding carboxylic acids is 1. The number of thiazole rings is 1. The summed E-state index contributed by atoms with van der Waals surface area (Å²) < 4.78 is 0. The fourth-order valence-corrected chi connectivity index (χ4v) is 3.84. The van der Waals surface area contributed by atoms with Crippen molar-refractivity contribution < 1.29 is 4.79 Å². The Bertz CT molecular complexity index is 719. The van der Waals surface area contributed by atoms with Gasteiger partial charge in [0, 0.05) is 49.9 Å². The van der Waals surface area contributed by atoms with Crippen molar-refractivity contribution in [1.29, 1.82) is 0 Å². The van der Waals surface area contributed by atoms with Crippen molar-refractivity contribution in [2.45, 2.75) is 45.2 Å². The van der Waals surface area contributed by atoms with E-state index in [9.17, 15) is 4.79 Å². The molecule has 7 nitrogen and oxygen atoms in total. The third kappa shape index (κ3) is 4.69. The van der Waals surface area contributed by atoms with Gasteiger partial charge in [-0.15, -0.1) is 11.3 Å². The second kappa shape index (κ2) is 8.44. The molecular weight excluding hydrogens is 348 g/mol. The largest absolute Gasteiger partial charge is 0.353 e. The van der Waals surface area contributed by atoms with Gasteiger partial charge in [-0.05, 0) is 12.8 Å². The number of anilines is 1. The molecule has 1 aliphatic rings. The van der Waals surface area contributed by atoms with E-state index in [2.05, 4.69) is 39.0 Å². The van der Waals surface area contributed by atoms with Crippen LogP contribution in [0.15, 0.2) is 24.0 Å². The minimum Gasteiger partial charge on any atom is -0.353 e. The molecule has 8 heteroatoms. The van der Waals surface area contributed by atoms with E-state index in [-0.39, 0.29) is 12.1 Å². The van der Waals surface area contributed by atoms with Crippen molar-refractivity contribution in [3.63, 3.8) is 0 Å². The second-order valence-electron chi connectivity index (χ2n) is 6.99. The lowest BCUT2D eigenvalue weighted by Crippen LogP contribution is -2.51. The molecular formula is C18H26N6OS. The molecule has 0 saturated carbocycles. The van der Waals surface area contributed by atoms with Crippen molar-refractivity contribution in [2.24, 2.45) is 0 Å². The maximum atomic E-state index is 12.5. The van der Waals surface area contributed by atoms with Crippen molar-refractivity contribution in [2.75, 3.05) is 25.0 Å². The topological polar surface area (TPSA) is 74.2 Å². The Morgan fingerprint density at radius 1 is 1.46 bits per heavy atom. The smallest absolute Gasteiger partial charge is 0.317 e. The zero-order chi connectivity index (χ0) is 18.5. The van der Waals surface area contributed by atoms with Gasteiger partial charge in [0.15, 0.2) is 0 Å². The summed E-state index contributed by atoms with van der Waals surface area (Å²) in [6.45, 7) is 6.48. The number of carbonyl (C=O) groups is 1. The zero-order valence-electron chi connectivity index (χ0n) is 15.6. The number of urea groups is 1. The van der Waals surface area contributed by atoms with Crippen molar-refractivity contribution in [3.8, 4) is 0 Å². The summed E-state index contributed by atoms with van der Waals surface area (Å²) in [6.07, 6.45) is 7.14. The predicted octanol–water partition coefficient (Wildman–Crippen LogP) is 2.87. The molecule has 26 heavy (non-hydrogen) atoms. The summed E-state index contributed by atoms with van der Waals surface area (Å²) >= 11 is 1.66. The molecule has 2 amide bonds. The van der Waals surface area contributed by atoms with Gasteiger partial charge in [-0.3, -0.25) is 4.98 Å². The summed E-state index contributed by atoms with van der Waals surface area (Å²) in [5.41, 5.74) is 0.946. The molecule has 140 valence electrons. The first kappa shape index (κ1) is 18.6. The minimum atomic E-state index is -0.0601. The normalized spacial score (nSPS) is 17.4. The summed E-state index contributed by atoms with van der Waals surface area (Å²) in [5.74, 6) is 1.28. The van der Waals surface area contributed by atoms with E-state index in [1.54, 1.807) is 34.8 Å². The van der Waals surface area contributed by atoms with Crippen LogP contribution in [0.2, 0.25) is 0 Å². The molecule has 1 atom stereocenters. The molecule has 3 rings (SSSR count). The standard InChI is InChI=1S/C18H26N6OS/c1-13(2)17-21-15(12-26-17)10-23(3)18(25)22-14-5-4-8-24(11-14)16-9-19-6-7-20-16/h6-7,9,12-14H,4-5,8,10-11H2,1-3H3,(H,22,25)/t14-/m0/s1. The lowest BCUT2D eigenvalue weighted by molar-refractivity contribution is 0.200. The third-order valence-electron chi connectivity index (χ3n) is 4.43. The van der Waals surface area contributed by atoms with Gasteiger partial charge in [0.1, 0.15) is 5.82 Å². The molecule has 1 saturated heterocycles. The van der Waals surface area contributed by atoms with Gasteiger partial charge in [-0.1, -0.05) is 13.8 Å². The Labute approximate surface area is 158 Å². The summed E-state index contributed by atoms with van der Waals surface area (Å²) in [5, 5.41) is 6.29. The average Bonchev–Trinajstić information content (AvgIpc) is 3.11. The molecule has 0 unspecified atom stereocenters. The SMILES string of the molecule is CC(C)c1nc(CN(C)C(=O)N[C@H]2CCCN(c3cnccn3)C2)cs1. The number of piperidine rings is 1. The van der Waals surface area contributed by atoms with Crippen LogP contribution in [-0.4, -0.2) is 52.1 Å². The summed E-state index contributed by atoms with van der Waals surface area (Å²) in [4.78, 5) is 29.5. The van der Waals surface area contributed by atoms with E-state index in [0.29, 0.717) is 12.5 Å². The Morgan fingerprint density at radius 2 is 2.31 bits per heavy atom. The highest BCUT2D eigenvalue weighted by atomic mass is 32.1. The molecule has 0 spiro atoms. The van der Waals surface area contributed by atoms with Crippen LogP contribution in [-0.2, 0) is 6.54 Å². The van der Waals surface area contributed by atoms with Crippen LogP contribution in [0.5, 0.6) is 0 Å². The zero-order valence-corrected chi connectivity index (χ0v) is 16.4. The van der Waals surface area contributed by atoms with Gasteiger partial charge >= 0.3 is 6.03 Å². The Morgan fingerprint density at radius 3 is 3.00 bits per heavy atom. The van der Waals surface area contributed by atoms with E-state index < -0.39 is 0 Å². The lowest BCUT2D eigenvalue weighted by Gasteiger charge is -2.34. The van der Waals surface area contributed by atoms with Crippen molar-refractivity contribution >= 4 is 23.2 Å². The number of hydrogen-bond acceptors (Lipinski definition) is 6. The van der Waals surface area contributed by atoms with E-state index >= 15 is 0 Å². The molecule has 1 fully saturated rings. The van der Waals surface area contributed by atoms with E-state index in [4.69, 9.17) is 0 Å². The average molecular weight is 375 g/mol. The van der Waals surface area contributed by atoms with Gasteiger partial charge in [0.25, 0.3) is 0 Å². The number of aromatic nitrogens is 3. The Hall–Kier alpha value is -2.22. The molecule has 0 radical (unpaired) electrons. The highest BCUT2D eigenvalue weighted by Crippen LogP contribution is 2.20. The van der Waals surface area contributed by atoms with Crippen molar-refractivity contribution in [1.82, 2.24) is 25.2 Å². The monoisotopic (exact) mass is 374 g/mol. The molecule has 0 bridgehead atoms. The first-order valence-corrected chi connectivity index (χ1v) is 9.87. The number of nitrogens with zero attached hydrogens (tertiary/aromatic N) is 5. The quantitative estimate of drug-likeness (QED) is 0.871. The fraction of sp³-hybridized carbons (Fsp3) is 0.556.